The fraction of sp³-hybridized carbons (Fsp3) is 0.158. The molecule has 2 N–H and O–H groups in total. The number of benzene rings is 2. The van der Waals surface area contributed by atoms with Gasteiger partial charge in [-0.2, -0.15) is 0 Å². The van der Waals surface area contributed by atoms with E-state index in [1.807, 2.05) is 12.1 Å². The Hall–Kier alpha value is -2.55. The van der Waals surface area contributed by atoms with Crippen LogP contribution in [0.2, 0.25) is 0 Å². The molecule has 0 saturated heterocycles. The van der Waals surface area contributed by atoms with Gasteiger partial charge in [0.15, 0.2) is 5.13 Å². The Balaban J connectivity index is 1.82. The van der Waals surface area contributed by atoms with Crippen LogP contribution in [0.3, 0.4) is 0 Å². The molecule has 0 bridgehead atoms. The highest BCUT2D eigenvalue weighted by Crippen LogP contribution is 2.27. The summed E-state index contributed by atoms with van der Waals surface area (Å²) in [6.45, 7) is 5.68. The van der Waals surface area contributed by atoms with Crippen molar-refractivity contribution in [1.82, 2.24) is 9.71 Å². The first-order valence-electron chi connectivity index (χ1n) is 8.34. The van der Waals surface area contributed by atoms with E-state index in [9.17, 15) is 13.2 Å². The molecule has 0 fully saturated rings. The molecule has 0 aliphatic rings. The van der Waals surface area contributed by atoms with Gasteiger partial charge in [0.2, 0.25) is 10.0 Å². The molecule has 6 nitrogen and oxygen atoms in total. The molecule has 3 aromatic rings. The number of thiazole rings is 1. The van der Waals surface area contributed by atoms with Crippen molar-refractivity contribution in [2.45, 2.75) is 18.2 Å². The minimum atomic E-state index is -3.69. The van der Waals surface area contributed by atoms with E-state index in [1.165, 1.54) is 41.2 Å². The average Bonchev–Trinajstić information content (AvgIpc) is 3.07. The van der Waals surface area contributed by atoms with Gasteiger partial charge in [-0.15, -0.1) is 6.58 Å². The van der Waals surface area contributed by atoms with Crippen molar-refractivity contribution in [1.29, 1.82) is 0 Å². The minimum Gasteiger partial charge on any atom is -0.298 e. The maximum Gasteiger partial charge on any atom is 0.257 e. The van der Waals surface area contributed by atoms with E-state index in [4.69, 9.17) is 0 Å². The highest BCUT2D eigenvalue weighted by molar-refractivity contribution is 7.89. The number of carbonyl (C=O) groups is 1. The van der Waals surface area contributed by atoms with Gasteiger partial charge in [0.25, 0.3) is 5.91 Å². The fourth-order valence-corrected chi connectivity index (χ4v) is 4.44. The lowest BCUT2D eigenvalue weighted by Crippen LogP contribution is -2.24. The quantitative estimate of drug-likeness (QED) is 0.593. The summed E-state index contributed by atoms with van der Waals surface area (Å²) in [6, 6.07) is 11.9. The van der Waals surface area contributed by atoms with Crippen LogP contribution in [-0.2, 0) is 16.4 Å². The molecule has 140 valence electrons. The summed E-state index contributed by atoms with van der Waals surface area (Å²) in [5, 5.41) is 3.22. The molecule has 27 heavy (non-hydrogen) atoms. The number of carbonyl (C=O) groups excluding carboxylic acids is 1. The van der Waals surface area contributed by atoms with Gasteiger partial charge in [-0.3, -0.25) is 10.1 Å². The number of aryl methyl sites for hydroxylation is 1. The molecule has 0 saturated carbocycles. The lowest BCUT2D eigenvalue weighted by molar-refractivity contribution is 0.102. The van der Waals surface area contributed by atoms with E-state index < -0.39 is 15.9 Å². The predicted octanol–water partition coefficient (Wildman–Crippen LogP) is 3.58. The largest absolute Gasteiger partial charge is 0.298 e. The summed E-state index contributed by atoms with van der Waals surface area (Å²) in [5.74, 6) is -0.412. The third kappa shape index (κ3) is 4.41. The molecule has 0 unspecified atom stereocenters. The zero-order chi connectivity index (χ0) is 19.4. The molecule has 0 radical (unpaired) electrons. The molecule has 3 rings (SSSR count). The number of rotatable bonds is 7. The number of nitrogens with one attached hydrogen (secondary N) is 2. The van der Waals surface area contributed by atoms with Gasteiger partial charge in [-0.25, -0.2) is 18.1 Å². The zero-order valence-electron chi connectivity index (χ0n) is 14.7. The van der Waals surface area contributed by atoms with Crippen LogP contribution in [0.1, 0.15) is 22.8 Å². The molecule has 0 aliphatic carbocycles. The first kappa shape index (κ1) is 19.2. The van der Waals surface area contributed by atoms with Crippen molar-refractivity contribution in [3.05, 3.63) is 66.2 Å². The number of nitrogens with zero attached hydrogens (tertiary/aromatic N) is 1. The molecule has 0 spiro atoms. The van der Waals surface area contributed by atoms with Crippen molar-refractivity contribution in [3.63, 3.8) is 0 Å². The van der Waals surface area contributed by atoms with E-state index in [1.54, 1.807) is 6.07 Å². The highest BCUT2D eigenvalue weighted by atomic mass is 32.2. The minimum absolute atomic E-state index is 0.0221. The van der Waals surface area contributed by atoms with Crippen LogP contribution < -0.4 is 10.0 Å². The molecule has 0 aliphatic heterocycles. The van der Waals surface area contributed by atoms with Crippen molar-refractivity contribution >= 4 is 42.6 Å². The summed E-state index contributed by atoms with van der Waals surface area (Å²) in [5.41, 5.74) is 2.26. The SMILES string of the molecule is C=CCNS(=O)(=O)c1cccc(C(=O)Nc2nc3ccc(CC)cc3s2)c1. The molecule has 0 atom stereocenters. The topological polar surface area (TPSA) is 88.2 Å². The normalized spacial score (nSPS) is 11.4. The number of anilines is 1. The first-order chi connectivity index (χ1) is 12.9. The van der Waals surface area contributed by atoms with Crippen LogP contribution in [0.25, 0.3) is 10.2 Å². The molecular weight excluding hydrogens is 382 g/mol. The van der Waals surface area contributed by atoms with Gasteiger partial charge >= 0.3 is 0 Å². The van der Waals surface area contributed by atoms with Crippen LogP contribution in [0.15, 0.2) is 60.0 Å². The van der Waals surface area contributed by atoms with E-state index in [2.05, 4.69) is 34.6 Å². The van der Waals surface area contributed by atoms with E-state index in [0.29, 0.717) is 5.13 Å². The van der Waals surface area contributed by atoms with E-state index >= 15 is 0 Å². The standard InChI is InChI=1S/C19H19N3O3S2/c1-3-10-20-27(24,25)15-7-5-6-14(12-15)18(23)22-19-21-16-9-8-13(4-2)11-17(16)26-19/h3,5-9,11-12,20H,1,4,10H2,2H3,(H,21,22,23). The Labute approximate surface area is 162 Å². The van der Waals surface area contributed by atoms with E-state index in [-0.39, 0.29) is 17.0 Å². The van der Waals surface area contributed by atoms with Crippen LogP contribution in [0.5, 0.6) is 0 Å². The van der Waals surface area contributed by atoms with Crippen molar-refractivity contribution in [2.75, 3.05) is 11.9 Å². The van der Waals surface area contributed by atoms with Crippen molar-refractivity contribution in [2.24, 2.45) is 0 Å². The molecular formula is C19H19N3O3S2. The monoisotopic (exact) mass is 401 g/mol. The maximum atomic E-state index is 12.5. The smallest absolute Gasteiger partial charge is 0.257 e. The summed E-state index contributed by atoms with van der Waals surface area (Å²) in [7, 11) is -3.69. The third-order valence-corrected chi connectivity index (χ3v) is 6.26. The van der Waals surface area contributed by atoms with Gasteiger partial charge in [0.05, 0.1) is 15.1 Å². The lowest BCUT2D eigenvalue weighted by atomic mass is 10.2. The lowest BCUT2D eigenvalue weighted by Gasteiger charge is -2.07. The second-order valence-electron chi connectivity index (χ2n) is 5.80. The Bertz CT molecular complexity index is 1100. The van der Waals surface area contributed by atoms with Gasteiger partial charge in [-0.05, 0) is 42.3 Å². The Kier molecular flexibility index (Phi) is 5.69. The number of amides is 1. The summed E-state index contributed by atoms with van der Waals surface area (Å²) >= 11 is 1.39. The molecule has 1 aromatic heterocycles. The predicted molar refractivity (Wildman–Crippen MR) is 109 cm³/mol. The zero-order valence-corrected chi connectivity index (χ0v) is 16.4. The number of sulfonamides is 1. The van der Waals surface area contributed by atoms with Gasteiger partial charge in [-0.1, -0.05) is 36.5 Å². The number of hydrogen-bond donors (Lipinski definition) is 2. The second kappa shape index (κ2) is 7.99. The van der Waals surface area contributed by atoms with Gasteiger partial charge in [0.1, 0.15) is 0 Å². The van der Waals surface area contributed by atoms with Crippen LogP contribution in [-0.4, -0.2) is 25.9 Å². The molecule has 2 aromatic carbocycles. The highest BCUT2D eigenvalue weighted by Gasteiger charge is 2.16. The molecule has 1 amide bonds. The van der Waals surface area contributed by atoms with Crippen molar-refractivity contribution < 1.29 is 13.2 Å². The van der Waals surface area contributed by atoms with Gasteiger partial charge < -0.3 is 0 Å². The fourth-order valence-electron chi connectivity index (χ4n) is 2.47. The van der Waals surface area contributed by atoms with E-state index in [0.717, 1.165) is 16.6 Å². The Morgan fingerprint density at radius 2 is 2.07 bits per heavy atom. The summed E-state index contributed by atoms with van der Waals surface area (Å²) < 4.78 is 27.8. The number of hydrogen-bond acceptors (Lipinski definition) is 5. The van der Waals surface area contributed by atoms with Crippen LogP contribution in [0.4, 0.5) is 5.13 Å². The van der Waals surface area contributed by atoms with Crippen LogP contribution in [0, 0.1) is 0 Å². The number of fused-ring (bicyclic) bond motifs is 1. The van der Waals surface area contributed by atoms with Crippen molar-refractivity contribution in [3.8, 4) is 0 Å². The molecule has 1 heterocycles. The Morgan fingerprint density at radius 3 is 2.81 bits per heavy atom. The first-order valence-corrected chi connectivity index (χ1v) is 10.6. The summed E-state index contributed by atoms with van der Waals surface area (Å²) in [6.07, 6.45) is 2.38. The maximum absolute atomic E-state index is 12.5. The third-order valence-electron chi connectivity index (χ3n) is 3.91. The molecule has 8 heteroatoms. The second-order valence-corrected chi connectivity index (χ2v) is 8.59. The average molecular weight is 402 g/mol. The number of aromatic nitrogens is 1. The van der Waals surface area contributed by atoms with Gasteiger partial charge in [0, 0.05) is 12.1 Å². The Morgan fingerprint density at radius 1 is 1.26 bits per heavy atom. The summed E-state index contributed by atoms with van der Waals surface area (Å²) in [4.78, 5) is 17.0. The van der Waals surface area contributed by atoms with Crippen LogP contribution >= 0.6 is 11.3 Å².